The zero-order valence-electron chi connectivity index (χ0n) is 18.0. The summed E-state index contributed by atoms with van der Waals surface area (Å²) in [6, 6.07) is 10.7. The van der Waals surface area contributed by atoms with Gasteiger partial charge in [0.05, 0.1) is 21.8 Å². The van der Waals surface area contributed by atoms with Crippen LogP contribution in [0.4, 0.5) is 14.9 Å². The number of rotatable bonds is 3. The summed E-state index contributed by atoms with van der Waals surface area (Å²) in [6.45, 7) is 3.22. The zero-order valence-corrected chi connectivity index (χ0v) is 18.8. The summed E-state index contributed by atoms with van der Waals surface area (Å²) < 4.78 is 15.2. The Morgan fingerprint density at radius 2 is 2.06 bits per heavy atom. The lowest BCUT2D eigenvalue weighted by Gasteiger charge is -2.32. The van der Waals surface area contributed by atoms with E-state index in [-0.39, 0.29) is 11.9 Å². The Hall–Kier alpha value is -3.30. The summed E-state index contributed by atoms with van der Waals surface area (Å²) in [5.41, 5.74) is 9.30. The van der Waals surface area contributed by atoms with Crippen LogP contribution in [0.15, 0.2) is 41.3 Å². The number of anilines is 1. The predicted molar refractivity (Wildman–Crippen MR) is 128 cm³/mol. The highest BCUT2D eigenvalue weighted by atomic mass is 32.2. The quantitative estimate of drug-likeness (QED) is 0.566. The summed E-state index contributed by atoms with van der Waals surface area (Å²) in [6.07, 6.45) is 3.55. The highest BCUT2D eigenvalue weighted by Gasteiger charge is 2.25. The molecule has 0 saturated carbocycles. The van der Waals surface area contributed by atoms with Crippen molar-refractivity contribution in [1.29, 1.82) is 0 Å². The van der Waals surface area contributed by atoms with E-state index in [2.05, 4.69) is 15.3 Å². The number of aromatic nitrogens is 2. The topological polar surface area (TPSA) is 101 Å². The van der Waals surface area contributed by atoms with Crippen molar-refractivity contribution in [3.8, 4) is 11.3 Å². The minimum Gasteiger partial charge on any atom is -0.368 e. The largest absolute Gasteiger partial charge is 0.368 e. The third-order valence-corrected chi connectivity index (χ3v) is 6.60. The number of hydrogen-bond acceptors (Lipinski definition) is 7. The van der Waals surface area contributed by atoms with Gasteiger partial charge in [-0.05, 0) is 67.4 Å². The van der Waals surface area contributed by atoms with Gasteiger partial charge in [0.15, 0.2) is 0 Å². The smallest absolute Gasteiger partial charge is 0.290 e. The van der Waals surface area contributed by atoms with E-state index < -0.39 is 11.1 Å². The molecule has 168 valence electrons. The molecule has 0 aliphatic carbocycles. The number of carbonyl (C=O) groups is 2. The van der Waals surface area contributed by atoms with Crippen LogP contribution in [0.5, 0.6) is 0 Å². The molecule has 0 bridgehead atoms. The van der Waals surface area contributed by atoms with Gasteiger partial charge in [-0.25, -0.2) is 14.4 Å². The molecule has 7 nitrogen and oxygen atoms in total. The molecule has 2 aromatic carbocycles. The Labute approximate surface area is 194 Å². The van der Waals surface area contributed by atoms with Crippen LogP contribution in [0, 0.1) is 12.7 Å². The predicted octanol–water partition coefficient (Wildman–Crippen LogP) is 4.00. The van der Waals surface area contributed by atoms with Gasteiger partial charge in [-0.3, -0.25) is 14.9 Å². The standard InChI is InChI=1S/C24H22FN5O2S/c1-13-27-19-6-4-14(10-21-23(31)29-24(32)33-21)9-17(19)22(28-13)15-5-7-20(18(25)11-15)30-8-2-3-16(26)12-30/h4-7,9-11,16H,2-3,8,12,26H2,1H3,(H,29,31,32)/b21-10-/t16-/m0/s1. The lowest BCUT2D eigenvalue weighted by molar-refractivity contribution is -0.115. The summed E-state index contributed by atoms with van der Waals surface area (Å²) in [4.78, 5) is 34.8. The van der Waals surface area contributed by atoms with E-state index in [1.807, 2.05) is 29.2 Å². The van der Waals surface area contributed by atoms with E-state index in [1.165, 1.54) is 6.07 Å². The minimum absolute atomic E-state index is 0.0502. The molecule has 5 rings (SSSR count). The zero-order chi connectivity index (χ0) is 23.1. The lowest BCUT2D eigenvalue weighted by Crippen LogP contribution is -2.43. The van der Waals surface area contributed by atoms with Crippen LogP contribution >= 0.6 is 11.8 Å². The molecule has 1 atom stereocenters. The first-order chi connectivity index (χ1) is 15.9. The van der Waals surface area contributed by atoms with E-state index in [9.17, 15) is 9.59 Å². The molecule has 0 unspecified atom stereocenters. The Morgan fingerprint density at radius 3 is 2.79 bits per heavy atom. The van der Waals surface area contributed by atoms with Crippen molar-refractivity contribution in [3.05, 3.63) is 58.5 Å². The number of piperidine rings is 1. The SMILES string of the molecule is Cc1nc(-c2ccc(N3CCC[C@H](N)C3)c(F)c2)c2cc(/C=C3\SC(=O)NC3=O)ccc2n1. The Morgan fingerprint density at radius 1 is 1.21 bits per heavy atom. The van der Waals surface area contributed by atoms with Gasteiger partial charge in [0.1, 0.15) is 11.6 Å². The lowest BCUT2D eigenvalue weighted by atomic mass is 10.0. The van der Waals surface area contributed by atoms with Gasteiger partial charge >= 0.3 is 0 Å². The fourth-order valence-electron chi connectivity index (χ4n) is 4.28. The fraction of sp³-hybridized carbons (Fsp3) is 0.250. The first-order valence-corrected chi connectivity index (χ1v) is 11.5. The van der Waals surface area contributed by atoms with Crippen LogP contribution < -0.4 is 16.0 Å². The number of fused-ring (bicyclic) bond motifs is 1. The van der Waals surface area contributed by atoms with Crippen molar-refractivity contribution >= 4 is 45.6 Å². The van der Waals surface area contributed by atoms with Crippen LogP contribution in [0.25, 0.3) is 28.2 Å². The number of nitrogens with one attached hydrogen (secondary N) is 1. The van der Waals surface area contributed by atoms with Crippen LogP contribution in [0.2, 0.25) is 0 Å². The molecule has 1 aromatic heterocycles. The molecule has 2 saturated heterocycles. The van der Waals surface area contributed by atoms with E-state index in [0.29, 0.717) is 39.7 Å². The molecule has 2 aliphatic rings. The summed E-state index contributed by atoms with van der Waals surface area (Å²) in [7, 11) is 0. The molecule has 9 heteroatoms. The number of carbonyl (C=O) groups excluding carboxylic acids is 2. The number of nitrogens with zero attached hydrogens (tertiary/aromatic N) is 3. The van der Waals surface area contributed by atoms with Crippen molar-refractivity contribution in [3.63, 3.8) is 0 Å². The normalized spacial score (nSPS) is 20.0. The molecule has 3 N–H and O–H groups in total. The summed E-state index contributed by atoms with van der Waals surface area (Å²) in [5, 5.41) is 2.59. The number of thioether (sulfide) groups is 1. The van der Waals surface area contributed by atoms with Crippen LogP contribution in [-0.4, -0.2) is 40.2 Å². The highest BCUT2D eigenvalue weighted by molar-refractivity contribution is 8.18. The number of halogens is 1. The number of aryl methyl sites for hydroxylation is 1. The Bertz CT molecular complexity index is 1330. The average molecular weight is 464 g/mol. The highest BCUT2D eigenvalue weighted by Crippen LogP contribution is 2.32. The molecule has 2 amide bonds. The molecule has 0 radical (unpaired) electrons. The fourth-order valence-corrected chi connectivity index (χ4v) is 4.97. The van der Waals surface area contributed by atoms with E-state index in [1.54, 1.807) is 19.1 Å². The van der Waals surface area contributed by atoms with Crippen LogP contribution in [0.3, 0.4) is 0 Å². The third-order valence-electron chi connectivity index (χ3n) is 5.79. The second-order valence-electron chi connectivity index (χ2n) is 8.26. The van der Waals surface area contributed by atoms with Gasteiger partial charge in [0.2, 0.25) is 0 Å². The monoisotopic (exact) mass is 463 g/mol. The molecular weight excluding hydrogens is 441 g/mol. The Kier molecular flexibility index (Phi) is 5.59. The maximum atomic E-state index is 15.2. The van der Waals surface area contributed by atoms with E-state index >= 15 is 4.39 Å². The van der Waals surface area contributed by atoms with Gasteiger partial charge < -0.3 is 10.6 Å². The molecular formula is C24H22FN5O2S. The van der Waals surface area contributed by atoms with Crippen molar-refractivity contribution < 1.29 is 14.0 Å². The second kappa shape index (κ2) is 8.57. The maximum Gasteiger partial charge on any atom is 0.290 e. The molecule has 3 aromatic rings. The van der Waals surface area contributed by atoms with E-state index in [0.717, 1.165) is 42.1 Å². The minimum atomic E-state index is -0.416. The number of hydrogen-bond donors (Lipinski definition) is 2. The third kappa shape index (κ3) is 4.34. The van der Waals surface area contributed by atoms with Crippen molar-refractivity contribution in [1.82, 2.24) is 15.3 Å². The first-order valence-electron chi connectivity index (χ1n) is 10.7. The van der Waals surface area contributed by atoms with Gasteiger partial charge in [-0.15, -0.1) is 0 Å². The number of benzene rings is 2. The molecule has 33 heavy (non-hydrogen) atoms. The Balaban J connectivity index is 1.56. The molecule has 2 fully saturated rings. The number of imide groups is 1. The summed E-state index contributed by atoms with van der Waals surface area (Å²) in [5.74, 6) is -0.159. The molecule has 3 heterocycles. The summed E-state index contributed by atoms with van der Waals surface area (Å²) >= 11 is 0.861. The first kappa shape index (κ1) is 21.5. The van der Waals surface area contributed by atoms with E-state index in [4.69, 9.17) is 5.73 Å². The van der Waals surface area contributed by atoms with Crippen LogP contribution in [0.1, 0.15) is 24.2 Å². The number of nitrogens with two attached hydrogens (primary N) is 1. The van der Waals surface area contributed by atoms with Crippen molar-refractivity contribution in [2.75, 3.05) is 18.0 Å². The van der Waals surface area contributed by atoms with Gasteiger partial charge in [-0.1, -0.05) is 12.1 Å². The maximum absolute atomic E-state index is 15.2. The van der Waals surface area contributed by atoms with Gasteiger partial charge in [0, 0.05) is 30.1 Å². The molecule has 0 spiro atoms. The molecule has 2 aliphatic heterocycles. The van der Waals surface area contributed by atoms with Crippen LogP contribution in [-0.2, 0) is 4.79 Å². The van der Waals surface area contributed by atoms with Crippen molar-refractivity contribution in [2.45, 2.75) is 25.8 Å². The second-order valence-corrected chi connectivity index (χ2v) is 9.28. The van der Waals surface area contributed by atoms with Gasteiger partial charge in [0.25, 0.3) is 11.1 Å². The number of amides is 2. The van der Waals surface area contributed by atoms with Gasteiger partial charge in [-0.2, -0.15) is 0 Å². The average Bonchev–Trinajstić information content (AvgIpc) is 3.09. The van der Waals surface area contributed by atoms with Crippen molar-refractivity contribution in [2.24, 2.45) is 5.73 Å².